The van der Waals surface area contributed by atoms with Crippen LogP contribution in [0, 0.1) is 19.8 Å². The number of nitrogens with zero attached hydrogens (tertiary/aromatic N) is 7. The van der Waals surface area contributed by atoms with Crippen molar-refractivity contribution in [2.45, 2.75) is 52.4 Å². The standard InChI is InChI=1S/C44H46N10O2/c1-28-9-15-40(55-28)46-36-23-31(52-19-5-3-6-20-52)11-13-34(36)38-25-33-26-39(49-44-51-42(30-17-18-45-27-30)50-43(48-38)54(33)44)35-14-12-32(53-21-7-4-8-22-53)24-37(35)47-41-16-10-29(2)56-41/h9-18,23-26,30,45-47H,3-8,19-22,27H2,1-2H3. The van der Waals surface area contributed by atoms with Crippen molar-refractivity contribution < 1.29 is 8.83 Å². The van der Waals surface area contributed by atoms with Crippen LogP contribution in [0.5, 0.6) is 0 Å². The van der Waals surface area contributed by atoms with Gasteiger partial charge >= 0.3 is 0 Å². The van der Waals surface area contributed by atoms with Crippen LogP contribution in [0.3, 0.4) is 0 Å². The van der Waals surface area contributed by atoms with Crippen LogP contribution < -0.4 is 25.8 Å². The van der Waals surface area contributed by atoms with E-state index in [4.69, 9.17) is 28.8 Å². The topological polar surface area (TPSA) is 122 Å². The number of piperidine rings is 2. The van der Waals surface area contributed by atoms with Crippen LogP contribution in [0.2, 0.25) is 0 Å². The lowest BCUT2D eigenvalue weighted by molar-refractivity contribution is 0.550. The van der Waals surface area contributed by atoms with Crippen LogP contribution in [0.1, 0.15) is 61.2 Å². The fourth-order valence-electron chi connectivity index (χ4n) is 8.28. The van der Waals surface area contributed by atoms with Crippen molar-refractivity contribution in [1.29, 1.82) is 0 Å². The van der Waals surface area contributed by atoms with E-state index in [9.17, 15) is 0 Å². The van der Waals surface area contributed by atoms with Crippen molar-refractivity contribution in [1.82, 2.24) is 10.2 Å². The number of benzene rings is 2. The molecule has 0 spiro atoms. The average molecular weight is 747 g/mol. The highest BCUT2D eigenvalue weighted by Crippen LogP contribution is 2.39. The number of hydrogen-bond acceptors (Lipinski definition) is 12. The average Bonchev–Trinajstić information content (AvgIpc) is 4.01. The molecule has 12 heteroatoms. The number of furan rings is 2. The second-order valence-electron chi connectivity index (χ2n) is 15.2. The van der Waals surface area contributed by atoms with Gasteiger partial charge in [0.2, 0.25) is 11.9 Å². The van der Waals surface area contributed by atoms with E-state index in [0.29, 0.717) is 36.1 Å². The highest BCUT2D eigenvalue weighted by atomic mass is 16.4. The summed E-state index contributed by atoms with van der Waals surface area (Å²) in [6.45, 7) is 8.83. The molecule has 0 aliphatic carbocycles. The number of nitrogens with one attached hydrogen (secondary N) is 3. The van der Waals surface area contributed by atoms with Gasteiger partial charge in [0.1, 0.15) is 17.4 Å². The maximum atomic E-state index is 6.02. The van der Waals surface area contributed by atoms with E-state index < -0.39 is 0 Å². The molecule has 6 aliphatic rings. The van der Waals surface area contributed by atoms with Gasteiger partial charge in [-0.15, -0.1) is 0 Å². The summed E-state index contributed by atoms with van der Waals surface area (Å²) in [5.74, 6) is 4.83. The summed E-state index contributed by atoms with van der Waals surface area (Å²) in [7, 11) is 0. The first-order valence-corrected chi connectivity index (χ1v) is 19.9. The van der Waals surface area contributed by atoms with Crippen molar-refractivity contribution in [3.8, 4) is 0 Å². The quantitative estimate of drug-likeness (QED) is 0.155. The van der Waals surface area contributed by atoms with Crippen molar-refractivity contribution in [2.75, 3.05) is 53.2 Å². The predicted molar refractivity (Wildman–Crippen MR) is 226 cm³/mol. The molecule has 10 rings (SSSR count). The summed E-state index contributed by atoms with van der Waals surface area (Å²) in [5.41, 5.74) is 8.56. The van der Waals surface area contributed by atoms with E-state index in [0.717, 1.165) is 77.3 Å². The number of aryl methyl sites for hydroxylation is 2. The molecule has 0 amide bonds. The largest absolute Gasteiger partial charge is 0.446 e. The normalized spacial score (nSPS) is 20.3. The second-order valence-corrected chi connectivity index (χ2v) is 15.2. The minimum Gasteiger partial charge on any atom is -0.446 e. The number of hydrogen-bond donors (Lipinski definition) is 3. The molecule has 12 nitrogen and oxygen atoms in total. The van der Waals surface area contributed by atoms with E-state index in [1.165, 1.54) is 49.9 Å². The Kier molecular flexibility index (Phi) is 8.80. The lowest BCUT2D eigenvalue weighted by Crippen LogP contribution is -2.43. The maximum Gasteiger partial charge on any atom is 0.239 e. The summed E-state index contributed by atoms with van der Waals surface area (Å²) in [6, 6.07) is 21.1. The van der Waals surface area contributed by atoms with Crippen LogP contribution >= 0.6 is 0 Å². The predicted octanol–water partition coefficient (Wildman–Crippen LogP) is 8.86. The number of guanidine groups is 2. The fourth-order valence-corrected chi connectivity index (χ4v) is 8.28. The first-order chi connectivity index (χ1) is 27.5. The Morgan fingerprint density at radius 3 is 1.84 bits per heavy atom. The summed E-state index contributed by atoms with van der Waals surface area (Å²) in [6.07, 6.45) is 15.6. The van der Waals surface area contributed by atoms with Crippen molar-refractivity contribution >= 4 is 63.7 Å². The molecule has 0 radical (unpaired) electrons. The van der Waals surface area contributed by atoms with E-state index in [2.05, 4.69) is 80.4 Å². The monoisotopic (exact) mass is 746 g/mol. The minimum atomic E-state index is 0.00112. The Hall–Kier alpha value is -6.30. The lowest BCUT2D eigenvalue weighted by atomic mass is 10.0. The third-order valence-corrected chi connectivity index (χ3v) is 11.2. The van der Waals surface area contributed by atoms with Crippen LogP contribution in [0.4, 0.5) is 34.5 Å². The molecule has 284 valence electrons. The molecular formula is C44H46N10O2. The maximum absolute atomic E-state index is 6.02. The molecule has 0 bridgehead atoms. The zero-order chi connectivity index (χ0) is 37.6. The number of amidine groups is 1. The van der Waals surface area contributed by atoms with Crippen LogP contribution in [0.15, 0.2) is 120 Å². The molecule has 2 saturated heterocycles. The number of allylic oxidation sites excluding steroid dienone is 2. The number of rotatable bonds is 9. The molecule has 56 heavy (non-hydrogen) atoms. The molecule has 2 aromatic carbocycles. The number of anilines is 6. The highest BCUT2D eigenvalue weighted by Gasteiger charge is 2.35. The van der Waals surface area contributed by atoms with Crippen molar-refractivity contribution in [3.05, 3.63) is 113 Å². The Morgan fingerprint density at radius 2 is 1.25 bits per heavy atom. The smallest absolute Gasteiger partial charge is 0.239 e. The summed E-state index contributed by atoms with van der Waals surface area (Å²) >= 11 is 0. The zero-order valence-electron chi connectivity index (χ0n) is 31.9. The van der Waals surface area contributed by atoms with E-state index in [1.54, 1.807) is 0 Å². The molecule has 1 atom stereocenters. The molecule has 8 heterocycles. The van der Waals surface area contributed by atoms with Gasteiger partial charge in [0.15, 0.2) is 11.8 Å². The van der Waals surface area contributed by atoms with Gasteiger partial charge in [-0.2, -0.15) is 9.98 Å². The number of aliphatic imine (C=N–C) groups is 4. The van der Waals surface area contributed by atoms with Crippen molar-refractivity contribution in [3.63, 3.8) is 0 Å². The van der Waals surface area contributed by atoms with Crippen LogP contribution in [-0.2, 0) is 0 Å². The first kappa shape index (κ1) is 34.2. The second kappa shape index (κ2) is 14.4. The Balaban J connectivity index is 1.10. The van der Waals surface area contributed by atoms with Crippen LogP contribution in [-0.4, -0.2) is 61.1 Å². The Morgan fingerprint density at radius 1 is 0.643 bits per heavy atom. The molecule has 2 aromatic heterocycles. The van der Waals surface area contributed by atoms with Gasteiger partial charge < -0.3 is 34.6 Å². The van der Waals surface area contributed by atoms with Gasteiger partial charge in [-0.25, -0.2) is 14.9 Å². The van der Waals surface area contributed by atoms with E-state index >= 15 is 0 Å². The molecule has 6 aliphatic heterocycles. The van der Waals surface area contributed by atoms with E-state index in [1.807, 2.05) is 49.2 Å². The lowest BCUT2D eigenvalue weighted by Gasteiger charge is -2.34. The van der Waals surface area contributed by atoms with Gasteiger partial charge in [-0.3, -0.25) is 0 Å². The minimum absolute atomic E-state index is 0.00112. The Bertz CT molecular complexity index is 2290. The van der Waals surface area contributed by atoms with Gasteiger partial charge in [-0.05, 0) is 119 Å². The first-order valence-electron chi connectivity index (χ1n) is 19.9. The van der Waals surface area contributed by atoms with Gasteiger partial charge in [-0.1, -0.05) is 6.08 Å². The zero-order valence-corrected chi connectivity index (χ0v) is 31.9. The fraction of sp³-hybridized carbons (Fsp3) is 0.318. The molecule has 3 N–H and O–H groups in total. The van der Waals surface area contributed by atoms with Crippen LogP contribution in [0.25, 0.3) is 5.70 Å². The molecular weight excluding hydrogens is 701 g/mol. The Labute approximate surface area is 326 Å². The third-order valence-electron chi connectivity index (χ3n) is 11.2. The summed E-state index contributed by atoms with van der Waals surface area (Å²) in [4.78, 5) is 27.5. The van der Waals surface area contributed by atoms with E-state index in [-0.39, 0.29) is 5.92 Å². The molecule has 4 aromatic rings. The third kappa shape index (κ3) is 6.69. The molecule has 0 saturated carbocycles. The van der Waals surface area contributed by atoms with Gasteiger partial charge in [0.05, 0.1) is 34.4 Å². The van der Waals surface area contributed by atoms with Crippen molar-refractivity contribution in [2.24, 2.45) is 25.9 Å². The molecule has 2 fully saturated rings. The SMILES string of the molecule is Cc1ccc(Nc2cc(N3CCCCC3)ccc2C2=CC3=CC(c4ccc(N5CCCCC5)cc4Nc4ccc(C)o4)=NC4=NC(C5C=CNC5)=NC(=N2)N34)o1. The van der Waals surface area contributed by atoms with Gasteiger partial charge in [0, 0.05) is 67.4 Å². The molecule has 1 unspecified atom stereocenters. The highest BCUT2D eigenvalue weighted by molar-refractivity contribution is 6.25. The van der Waals surface area contributed by atoms with Gasteiger partial charge in [0.25, 0.3) is 0 Å². The summed E-state index contributed by atoms with van der Waals surface area (Å²) < 4.78 is 12.0. The summed E-state index contributed by atoms with van der Waals surface area (Å²) in [5, 5.41) is 10.5.